The van der Waals surface area contributed by atoms with Crippen LogP contribution in [0.5, 0.6) is 0 Å². The number of rotatable bonds is 4. The highest BCUT2D eigenvalue weighted by atomic mass is 79.9. The number of nitrogens with zero attached hydrogens (tertiary/aromatic N) is 2. The third-order valence-electron chi connectivity index (χ3n) is 5.03. The molecule has 2 nitrogen and oxygen atoms in total. The molecule has 3 rings (SSSR count). The molecule has 0 bridgehead atoms. The second-order valence-corrected chi connectivity index (χ2v) is 8.90. The Morgan fingerprint density at radius 1 is 0.794 bits per heavy atom. The Labute approximate surface area is 211 Å². The monoisotopic (exact) mass is 610 g/mol. The first-order valence-corrected chi connectivity index (χ1v) is 12.4. The molecule has 1 aliphatic rings. The largest absolute Gasteiger partial charge is 0.416 e. The number of hydrogen-bond acceptors (Lipinski definition) is 2. The van der Waals surface area contributed by atoms with Gasteiger partial charge in [0.1, 0.15) is 0 Å². The minimum atomic E-state index is -4.38. The molecule has 0 spiro atoms. The summed E-state index contributed by atoms with van der Waals surface area (Å²) in [6.07, 6.45) is -5.87. The van der Waals surface area contributed by atoms with E-state index in [-0.39, 0.29) is 17.5 Å². The second kappa shape index (κ2) is 13.7. The summed E-state index contributed by atoms with van der Waals surface area (Å²) in [5, 5.41) is 19.6. The quantitative estimate of drug-likeness (QED) is 0.257. The van der Waals surface area contributed by atoms with E-state index in [0.717, 1.165) is 29.2 Å². The summed E-state index contributed by atoms with van der Waals surface area (Å²) in [6, 6.07) is 14.2. The zero-order chi connectivity index (χ0) is 25.8. The van der Waals surface area contributed by atoms with Crippen LogP contribution in [0.25, 0.3) is 0 Å². The van der Waals surface area contributed by atoms with Crippen molar-refractivity contribution in [2.24, 2.45) is 0 Å². The summed E-state index contributed by atoms with van der Waals surface area (Å²) in [7, 11) is 0. The van der Waals surface area contributed by atoms with Crippen LogP contribution in [0.4, 0.5) is 26.3 Å². The van der Waals surface area contributed by atoms with E-state index in [0.29, 0.717) is 12.8 Å². The van der Waals surface area contributed by atoms with Crippen molar-refractivity contribution in [3.63, 3.8) is 0 Å². The van der Waals surface area contributed by atoms with E-state index in [2.05, 4.69) is 31.9 Å². The Morgan fingerprint density at radius 3 is 1.68 bits per heavy atom. The molecule has 10 heteroatoms. The summed E-state index contributed by atoms with van der Waals surface area (Å²) in [6.45, 7) is 0. The van der Waals surface area contributed by atoms with Crippen molar-refractivity contribution in [2.75, 3.05) is 10.7 Å². The normalized spacial score (nSPS) is 14.2. The molecule has 0 N–H and O–H groups in total. The fraction of sp³-hybridized carbons (Fsp3) is 0.417. The first-order chi connectivity index (χ1) is 16.0. The van der Waals surface area contributed by atoms with Gasteiger partial charge in [-0.05, 0) is 48.9 Å². The second-order valence-electron chi connectivity index (χ2n) is 7.31. The predicted molar refractivity (Wildman–Crippen MR) is 126 cm³/mol. The van der Waals surface area contributed by atoms with Gasteiger partial charge in [-0.25, -0.2) is 0 Å². The van der Waals surface area contributed by atoms with Crippen LogP contribution in [-0.2, 0) is 24.2 Å². The lowest BCUT2D eigenvalue weighted by molar-refractivity contribution is -0.139. The van der Waals surface area contributed by atoms with E-state index >= 15 is 0 Å². The fourth-order valence-electron chi connectivity index (χ4n) is 3.21. The summed E-state index contributed by atoms with van der Waals surface area (Å²) in [5.41, 5.74) is -2.15. The standard InChI is InChI=1S/C12H10F3N.C9H6F3N.C3H6Br2/c13-12(14,15)10-5-2-1-4-9(10)11(8-16)6-3-7-11;10-9(11,12)8-4-2-1-3-7(8)5-6-13;4-2-1-3-5/h1-2,4-5H,3,6-7H2;1-4H,5H2;1-3H2. The van der Waals surface area contributed by atoms with E-state index in [1.54, 1.807) is 12.1 Å². The highest BCUT2D eigenvalue weighted by molar-refractivity contribution is 9.09. The topological polar surface area (TPSA) is 47.6 Å². The molecule has 0 aliphatic heterocycles. The predicted octanol–water partition coefficient (Wildman–Crippen LogP) is 8.59. The minimum absolute atomic E-state index is 0.0255. The molecular formula is C24H22Br2F6N2. The third-order valence-corrected chi connectivity index (χ3v) is 6.15. The van der Waals surface area contributed by atoms with Crippen molar-refractivity contribution < 1.29 is 26.3 Å². The lowest BCUT2D eigenvalue weighted by Gasteiger charge is -2.37. The summed E-state index contributed by atoms with van der Waals surface area (Å²) in [5.74, 6) is 0. The molecule has 0 atom stereocenters. The van der Waals surface area contributed by atoms with Gasteiger partial charge >= 0.3 is 12.4 Å². The highest BCUT2D eigenvalue weighted by Crippen LogP contribution is 2.47. The van der Waals surface area contributed by atoms with Crippen LogP contribution < -0.4 is 0 Å². The lowest BCUT2D eigenvalue weighted by Crippen LogP contribution is -2.34. The molecule has 0 aromatic heterocycles. The highest BCUT2D eigenvalue weighted by Gasteiger charge is 2.45. The third kappa shape index (κ3) is 8.63. The van der Waals surface area contributed by atoms with Gasteiger partial charge in [0.15, 0.2) is 0 Å². The molecule has 2 aromatic carbocycles. The van der Waals surface area contributed by atoms with Gasteiger partial charge in [-0.3, -0.25) is 0 Å². The van der Waals surface area contributed by atoms with Crippen molar-refractivity contribution in [1.82, 2.24) is 0 Å². The van der Waals surface area contributed by atoms with Crippen LogP contribution in [0.3, 0.4) is 0 Å². The molecule has 184 valence electrons. The van der Waals surface area contributed by atoms with Gasteiger partial charge in [-0.2, -0.15) is 36.9 Å². The number of alkyl halides is 8. The lowest BCUT2D eigenvalue weighted by atomic mass is 9.64. The fourth-order valence-corrected chi connectivity index (χ4v) is 4.52. The van der Waals surface area contributed by atoms with Crippen molar-refractivity contribution in [1.29, 1.82) is 10.5 Å². The molecular weight excluding hydrogens is 590 g/mol. The molecule has 1 aliphatic carbocycles. The summed E-state index contributed by atoms with van der Waals surface area (Å²) < 4.78 is 75.1. The van der Waals surface area contributed by atoms with Crippen LogP contribution in [0.15, 0.2) is 48.5 Å². The molecule has 0 unspecified atom stereocenters. The smallest absolute Gasteiger partial charge is 0.198 e. The van der Waals surface area contributed by atoms with Gasteiger partial charge in [-0.1, -0.05) is 68.3 Å². The van der Waals surface area contributed by atoms with Crippen LogP contribution in [0.1, 0.15) is 47.9 Å². The molecule has 1 fully saturated rings. The van der Waals surface area contributed by atoms with Gasteiger partial charge in [-0.15, -0.1) is 0 Å². The molecule has 0 amide bonds. The number of hydrogen-bond donors (Lipinski definition) is 0. The van der Waals surface area contributed by atoms with E-state index in [1.165, 1.54) is 36.8 Å². The van der Waals surface area contributed by atoms with Gasteiger partial charge < -0.3 is 0 Å². The van der Waals surface area contributed by atoms with Crippen LogP contribution in [-0.4, -0.2) is 10.7 Å². The SMILES string of the molecule is BrCCCBr.N#CC1(c2ccccc2C(F)(F)F)CCC1.N#CCc1ccccc1C(F)(F)F. The van der Waals surface area contributed by atoms with Crippen molar-refractivity contribution in [2.45, 2.75) is 49.9 Å². The number of nitriles is 2. The van der Waals surface area contributed by atoms with Crippen LogP contribution in [0, 0.1) is 22.7 Å². The average Bonchev–Trinajstić information content (AvgIpc) is 2.75. The Morgan fingerprint density at radius 2 is 1.29 bits per heavy atom. The van der Waals surface area contributed by atoms with Gasteiger partial charge in [0, 0.05) is 10.7 Å². The summed E-state index contributed by atoms with van der Waals surface area (Å²) in [4.78, 5) is 0. The van der Waals surface area contributed by atoms with Crippen LogP contribution in [0.2, 0.25) is 0 Å². The van der Waals surface area contributed by atoms with Crippen LogP contribution >= 0.6 is 31.9 Å². The van der Waals surface area contributed by atoms with E-state index < -0.39 is 28.9 Å². The Kier molecular flexibility index (Phi) is 12.1. The first kappa shape index (κ1) is 30.0. The average molecular weight is 612 g/mol. The van der Waals surface area contributed by atoms with E-state index in [4.69, 9.17) is 10.5 Å². The van der Waals surface area contributed by atoms with E-state index in [9.17, 15) is 26.3 Å². The maximum Gasteiger partial charge on any atom is 0.416 e. The molecule has 0 radical (unpaired) electrons. The Hall–Kier alpha value is -2.04. The number of benzene rings is 2. The molecule has 0 saturated heterocycles. The minimum Gasteiger partial charge on any atom is -0.198 e. The summed E-state index contributed by atoms with van der Waals surface area (Å²) >= 11 is 6.56. The van der Waals surface area contributed by atoms with Crippen molar-refractivity contribution in [3.05, 3.63) is 70.8 Å². The Balaban J connectivity index is 0.000000289. The van der Waals surface area contributed by atoms with Gasteiger partial charge in [0.05, 0.1) is 35.1 Å². The Bertz CT molecular complexity index is 984. The van der Waals surface area contributed by atoms with Gasteiger partial charge in [0.25, 0.3) is 0 Å². The maximum absolute atomic E-state index is 12.8. The molecule has 34 heavy (non-hydrogen) atoms. The first-order valence-electron chi connectivity index (χ1n) is 10.2. The molecule has 1 saturated carbocycles. The van der Waals surface area contributed by atoms with E-state index in [1.807, 2.05) is 6.07 Å². The van der Waals surface area contributed by atoms with Crippen molar-refractivity contribution >= 4 is 31.9 Å². The van der Waals surface area contributed by atoms with Gasteiger partial charge in [0.2, 0.25) is 0 Å². The maximum atomic E-state index is 12.8. The zero-order valence-corrected chi connectivity index (χ0v) is 21.2. The molecule has 2 aromatic rings. The van der Waals surface area contributed by atoms with Crippen molar-refractivity contribution in [3.8, 4) is 12.1 Å². The molecule has 0 heterocycles. The number of halogens is 8. The zero-order valence-electron chi connectivity index (χ0n) is 18.0.